The van der Waals surface area contributed by atoms with Gasteiger partial charge in [0.25, 0.3) is 0 Å². The standard InChI is InChI=1S/C13H23N5O7/c1-6(14)11(22)16-4-10(21)17-8(5-19)12(23)18-7(13(24)25)2-3-9(15)20/h6-8,19H,2-5,14H2,1H3,(H2,15,20)(H,16,22)(H,17,21)(H,18,23)(H,24,25)/t6-,7-,8-/m0/s1. The number of carbonyl (C=O) groups excluding carboxylic acids is 4. The second kappa shape index (κ2) is 10.9. The number of aliphatic hydroxyl groups excluding tert-OH is 1. The molecule has 0 bridgehead atoms. The Kier molecular flexibility index (Phi) is 9.74. The molecule has 4 amide bonds. The van der Waals surface area contributed by atoms with Crippen molar-refractivity contribution in [3.63, 3.8) is 0 Å². The van der Waals surface area contributed by atoms with Gasteiger partial charge in [-0.15, -0.1) is 0 Å². The molecular weight excluding hydrogens is 338 g/mol. The van der Waals surface area contributed by atoms with Crippen molar-refractivity contribution in [3.8, 4) is 0 Å². The van der Waals surface area contributed by atoms with E-state index in [9.17, 15) is 29.1 Å². The molecule has 0 fully saturated rings. The summed E-state index contributed by atoms with van der Waals surface area (Å²) in [5.74, 6) is -4.48. The average molecular weight is 361 g/mol. The topological polar surface area (TPSA) is 214 Å². The lowest BCUT2D eigenvalue weighted by Crippen LogP contribution is -2.55. The summed E-state index contributed by atoms with van der Waals surface area (Å²) >= 11 is 0. The van der Waals surface area contributed by atoms with Gasteiger partial charge in [-0.25, -0.2) is 4.79 Å². The molecule has 0 rings (SSSR count). The Morgan fingerprint density at radius 1 is 1.04 bits per heavy atom. The number of carbonyl (C=O) groups is 5. The molecule has 25 heavy (non-hydrogen) atoms. The summed E-state index contributed by atoms with van der Waals surface area (Å²) in [4.78, 5) is 56.6. The third kappa shape index (κ3) is 9.22. The molecule has 0 aliphatic carbocycles. The molecule has 0 aromatic rings. The molecule has 0 heterocycles. The first-order chi connectivity index (χ1) is 11.6. The van der Waals surface area contributed by atoms with Crippen LogP contribution in [-0.4, -0.2) is 71.1 Å². The summed E-state index contributed by atoms with van der Waals surface area (Å²) in [5, 5.41) is 24.6. The van der Waals surface area contributed by atoms with Gasteiger partial charge in [0, 0.05) is 6.42 Å². The first-order valence-corrected chi connectivity index (χ1v) is 7.33. The van der Waals surface area contributed by atoms with E-state index >= 15 is 0 Å². The minimum Gasteiger partial charge on any atom is -0.480 e. The van der Waals surface area contributed by atoms with Crippen molar-refractivity contribution < 1.29 is 34.2 Å². The second-order valence-corrected chi connectivity index (χ2v) is 5.21. The van der Waals surface area contributed by atoms with Crippen molar-refractivity contribution in [2.45, 2.75) is 37.9 Å². The molecule has 0 saturated heterocycles. The fourth-order valence-corrected chi connectivity index (χ4v) is 1.58. The monoisotopic (exact) mass is 361 g/mol. The van der Waals surface area contributed by atoms with Crippen LogP contribution in [0.25, 0.3) is 0 Å². The Morgan fingerprint density at radius 3 is 2.08 bits per heavy atom. The molecule has 9 N–H and O–H groups in total. The van der Waals surface area contributed by atoms with Gasteiger partial charge in [-0.05, 0) is 13.3 Å². The van der Waals surface area contributed by atoms with Crippen LogP contribution in [0.1, 0.15) is 19.8 Å². The fourth-order valence-electron chi connectivity index (χ4n) is 1.58. The lowest BCUT2D eigenvalue weighted by Gasteiger charge is -2.20. The first-order valence-electron chi connectivity index (χ1n) is 7.33. The Hall–Kier alpha value is -2.73. The summed E-state index contributed by atoms with van der Waals surface area (Å²) < 4.78 is 0. The average Bonchev–Trinajstić information content (AvgIpc) is 2.53. The Labute approximate surface area is 143 Å². The highest BCUT2D eigenvalue weighted by molar-refractivity contribution is 5.92. The van der Waals surface area contributed by atoms with E-state index in [-0.39, 0.29) is 12.8 Å². The number of aliphatic hydroxyl groups is 1. The van der Waals surface area contributed by atoms with Gasteiger partial charge in [-0.3, -0.25) is 19.2 Å². The minimum atomic E-state index is -1.44. The van der Waals surface area contributed by atoms with Gasteiger partial charge >= 0.3 is 5.97 Å². The normalized spacial score (nSPS) is 13.9. The number of amides is 4. The third-order valence-electron chi connectivity index (χ3n) is 2.97. The zero-order valence-electron chi connectivity index (χ0n) is 13.7. The summed E-state index contributed by atoms with van der Waals surface area (Å²) in [6.07, 6.45) is -0.510. The number of hydrogen-bond acceptors (Lipinski definition) is 7. The molecule has 0 unspecified atom stereocenters. The van der Waals surface area contributed by atoms with Crippen molar-refractivity contribution in [2.24, 2.45) is 11.5 Å². The smallest absolute Gasteiger partial charge is 0.326 e. The number of nitrogens with two attached hydrogens (primary N) is 2. The van der Waals surface area contributed by atoms with Crippen LogP contribution in [0.2, 0.25) is 0 Å². The molecule has 0 spiro atoms. The number of rotatable bonds is 11. The van der Waals surface area contributed by atoms with E-state index in [4.69, 9.17) is 16.6 Å². The molecular formula is C13H23N5O7. The van der Waals surface area contributed by atoms with Crippen molar-refractivity contribution in [1.29, 1.82) is 0 Å². The van der Waals surface area contributed by atoms with Gasteiger partial charge in [0.05, 0.1) is 19.2 Å². The number of carboxylic acids is 1. The van der Waals surface area contributed by atoms with Crippen molar-refractivity contribution in [3.05, 3.63) is 0 Å². The van der Waals surface area contributed by atoms with Gasteiger partial charge in [0.15, 0.2) is 0 Å². The van der Waals surface area contributed by atoms with E-state index in [1.54, 1.807) is 0 Å². The molecule has 12 heteroatoms. The van der Waals surface area contributed by atoms with Crippen LogP contribution in [0.5, 0.6) is 0 Å². The third-order valence-corrected chi connectivity index (χ3v) is 2.97. The van der Waals surface area contributed by atoms with E-state index in [2.05, 4.69) is 16.0 Å². The van der Waals surface area contributed by atoms with E-state index < -0.39 is 60.9 Å². The molecule has 0 aromatic heterocycles. The lowest BCUT2D eigenvalue weighted by atomic mass is 10.1. The second-order valence-electron chi connectivity index (χ2n) is 5.21. The molecule has 0 radical (unpaired) electrons. The van der Waals surface area contributed by atoms with Crippen LogP contribution in [0.3, 0.4) is 0 Å². The zero-order valence-corrected chi connectivity index (χ0v) is 13.7. The van der Waals surface area contributed by atoms with E-state index in [0.29, 0.717) is 0 Å². The van der Waals surface area contributed by atoms with Gasteiger partial charge in [-0.1, -0.05) is 0 Å². The van der Waals surface area contributed by atoms with Gasteiger partial charge in [0.2, 0.25) is 23.6 Å². The summed E-state index contributed by atoms with van der Waals surface area (Å²) in [6.45, 7) is 0.129. The molecule has 142 valence electrons. The predicted molar refractivity (Wildman–Crippen MR) is 83.7 cm³/mol. The summed E-state index contributed by atoms with van der Waals surface area (Å²) in [6, 6.07) is -3.68. The maximum atomic E-state index is 11.9. The van der Waals surface area contributed by atoms with Crippen molar-refractivity contribution in [2.75, 3.05) is 13.2 Å². The predicted octanol–water partition coefficient (Wildman–Crippen LogP) is -4.24. The van der Waals surface area contributed by atoms with Crippen molar-refractivity contribution >= 4 is 29.6 Å². The minimum absolute atomic E-state index is 0.243. The summed E-state index contributed by atoms with van der Waals surface area (Å²) in [7, 11) is 0. The maximum absolute atomic E-state index is 11.9. The van der Waals surface area contributed by atoms with E-state index in [0.717, 1.165) is 0 Å². The van der Waals surface area contributed by atoms with Crippen LogP contribution in [0, 0.1) is 0 Å². The Bertz CT molecular complexity index is 523. The SMILES string of the molecule is C[C@H](N)C(=O)NCC(=O)N[C@@H](CO)C(=O)N[C@@H](CCC(N)=O)C(=O)O. The van der Waals surface area contributed by atoms with Crippen LogP contribution in [0.15, 0.2) is 0 Å². The first kappa shape index (κ1) is 22.3. The highest BCUT2D eigenvalue weighted by atomic mass is 16.4. The summed E-state index contributed by atoms with van der Waals surface area (Å²) in [5.41, 5.74) is 10.2. The fraction of sp³-hybridized carbons (Fsp3) is 0.615. The number of aliphatic carboxylic acids is 1. The Balaban J connectivity index is 4.62. The molecule has 0 aliphatic rings. The highest BCUT2D eigenvalue weighted by Crippen LogP contribution is 1.98. The van der Waals surface area contributed by atoms with Gasteiger partial charge in [0.1, 0.15) is 12.1 Å². The number of nitrogens with one attached hydrogen (secondary N) is 3. The molecule has 0 saturated carbocycles. The molecule has 3 atom stereocenters. The van der Waals surface area contributed by atoms with Crippen LogP contribution < -0.4 is 27.4 Å². The van der Waals surface area contributed by atoms with Gasteiger partial charge < -0.3 is 37.6 Å². The maximum Gasteiger partial charge on any atom is 0.326 e. The van der Waals surface area contributed by atoms with Crippen LogP contribution in [-0.2, 0) is 24.0 Å². The number of hydrogen-bond donors (Lipinski definition) is 7. The van der Waals surface area contributed by atoms with Crippen molar-refractivity contribution in [1.82, 2.24) is 16.0 Å². The molecule has 12 nitrogen and oxygen atoms in total. The van der Waals surface area contributed by atoms with Crippen LogP contribution in [0.4, 0.5) is 0 Å². The molecule has 0 aromatic carbocycles. The van der Waals surface area contributed by atoms with E-state index in [1.165, 1.54) is 6.92 Å². The Morgan fingerprint density at radius 2 is 1.64 bits per heavy atom. The lowest BCUT2D eigenvalue weighted by molar-refractivity contribution is -0.142. The quantitative estimate of drug-likeness (QED) is 0.191. The molecule has 0 aliphatic heterocycles. The van der Waals surface area contributed by atoms with E-state index in [1.807, 2.05) is 0 Å². The zero-order chi connectivity index (χ0) is 19.6. The van der Waals surface area contributed by atoms with Crippen LogP contribution >= 0.6 is 0 Å². The largest absolute Gasteiger partial charge is 0.480 e. The van der Waals surface area contributed by atoms with Gasteiger partial charge in [-0.2, -0.15) is 0 Å². The number of primary amides is 1. The highest BCUT2D eigenvalue weighted by Gasteiger charge is 2.26. The number of carboxylic acid groups (broad SMARTS) is 1.